The summed E-state index contributed by atoms with van der Waals surface area (Å²) >= 11 is 0. The van der Waals surface area contributed by atoms with Crippen molar-refractivity contribution in [3.63, 3.8) is 0 Å². The Hall–Kier alpha value is -0.560. The van der Waals surface area contributed by atoms with E-state index in [2.05, 4.69) is 19.1 Å². The molecule has 0 radical (unpaired) electrons. The van der Waals surface area contributed by atoms with E-state index in [0.717, 1.165) is 12.3 Å². The molecule has 0 unspecified atom stereocenters. The van der Waals surface area contributed by atoms with E-state index in [9.17, 15) is 0 Å². The molecule has 0 spiro atoms. The number of hydrogen-bond acceptors (Lipinski definition) is 1. The molecule has 0 aromatic carbocycles. The Kier molecular flexibility index (Phi) is 3.63. The van der Waals surface area contributed by atoms with Crippen molar-refractivity contribution in [2.24, 2.45) is 11.7 Å². The van der Waals surface area contributed by atoms with Gasteiger partial charge >= 0.3 is 0 Å². The van der Waals surface area contributed by atoms with Gasteiger partial charge in [0.05, 0.1) is 0 Å². The second-order valence-electron chi connectivity index (χ2n) is 4.96. The monoisotopic (exact) mass is 205 g/mol. The maximum absolute atomic E-state index is 6.11. The van der Waals surface area contributed by atoms with E-state index in [0.29, 0.717) is 6.04 Å². The molecule has 0 amide bonds. The molecule has 1 nitrogen and oxygen atoms in total. The minimum atomic E-state index is 0.301. The lowest BCUT2D eigenvalue weighted by Gasteiger charge is -2.21. The lowest BCUT2D eigenvalue weighted by atomic mass is 9.87. The van der Waals surface area contributed by atoms with E-state index in [-0.39, 0.29) is 0 Å². The van der Waals surface area contributed by atoms with Crippen LogP contribution in [0.1, 0.15) is 51.9 Å². The molecule has 0 saturated heterocycles. The Morgan fingerprint density at radius 1 is 1.40 bits per heavy atom. The van der Waals surface area contributed by atoms with Gasteiger partial charge in [0.2, 0.25) is 0 Å². The summed E-state index contributed by atoms with van der Waals surface area (Å²) in [5.74, 6) is 0.851. The molecule has 0 heterocycles. The highest BCUT2D eigenvalue weighted by atomic mass is 14.6. The number of allylic oxidation sites excluding steroid dienone is 3. The van der Waals surface area contributed by atoms with Crippen LogP contribution in [0.15, 0.2) is 23.3 Å². The Morgan fingerprint density at radius 3 is 2.80 bits per heavy atom. The van der Waals surface area contributed by atoms with Crippen LogP contribution in [-0.2, 0) is 0 Å². The molecule has 1 saturated carbocycles. The summed E-state index contributed by atoms with van der Waals surface area (Å²) in [4.78, 5) is 0. The molecule has 2 aliphatic carbocycles. The van der Waals surface area contributed by atoms with Gasteiger partial charge in [-0.25, -0.2) is 0 Å². The molecule has 15 heavy (non-hydrogen) atoms. The summed E-state index contributed by atoms with van der Waals surface area (Å²) in [6.07, 6.45) is 14.0. The normalized spacial score (nSPS) is 24.9. The molecule has 2 N–H and O–H groups in total. The van der Waals surface area contributed by atoms with Crippen molar-refractivity contribution < 1.29 is 0 Å². The van der Waals surface area contributed by atoms with E-state index in [1.165, 1.54) is 44.1 Å². The van der Waals surface area contributed by atoms with Gasteiger partial charge in [-0.15, -0.1) is 0 Å². The van der Waals surface area contributed by atoms with Crippen molar-refractivity contribution in [3.8, 4) is 0 Å². The predicted octanol–water partition coefficient (Wildman–Crippen LogP) is 3.56. The first-order chi connectivity index (χ1) is 7.31. The summed E-state index contributed by atoms with van der Waals surface area (Å²) in [5.41, 5.74) is 9.20. The van der Waals surface area contributed by atoms with Crippen molar-refractivity contribution in [2.45, 2.75) is 57.9 Å². The van der Waals surface area contributed by atoms with E-state index < -0.39 is 0 Å². The minimum absolute atomic E-state index is 0.301. The molecule has 0 aromatic heterocycles. The Morgan fingerprint density at radius 2 is 2.13 bits per heavy atom. The number of nitrogens with two attached hydrogens (primary N) is 1. The van der Waals surface area contributed by atoms with E-state index in [1.807, 2.05) is 0 Å². The third-order valence-corrected chi connectivity index (χ3v) is 3.91. The van der Waals surface area contributed by atoms with Gasteiger partial charge in [-0.3, -0.25) is 0 Å². The fraction of sp³-hybridized carbons (Fsp3) is 0.714. The fourth-order valence-electron chi connectivity index (χ4n) is 2.85. The molecule has 2 rings (SSSR count). The molecule has 0 aliphatic heterocycles. The van der Waals surface area contributed by atoms with Gasteiger partial charge in [0, 0.05) is 6.04 Å². The van der Waals surface area contributed by atoms with Gasteiger partial charge in [-0.05, 0) is 43.6 Å². The SMILES string of the molecule is CC[C@@H](N)C1=CC(C2CCCC2)=CCC1. The molecule has 2 aliphatic rings. The zero-order chi connectivity index (χ0) is 10.7. The highest BCUT2D eigenvalue weighted by Crippen LogP contribution is 2.35. The first kappa shape index (κ1) is 10.9. The van der Waals surface area contributed by atoms with Crippen LogP contribution in [0, 0.1) is 5.92 Å². The Labute approximate surface area is 93.4 Å². The molecule has 1 atom stereocenters. The van der Waals surface area contributed by atoms with Gasteiger partial charge in [-0.1, -0.05) is 37.5 Å². The Bertz CT molecular complexity index is 269. The highest BCUT2D eigenvalue weighted by molar-refractivity contribution is 5.32. The van der Waals surface area contributed by atoms with Crippen LogP contribution >= 0.6 is 0 Å². The van der Waals surface area contributed by atoms with Crippen molar-refractivity contribution in [1.29, 1.82) is 0 Å². The first-order valence-corrected chi connectivity index (χ1v) is 6.47. The molecule has 1 heteroatoms. The van der Waals surface area contributed by atoms with Crippen molar-refractivity contribution in [3.05, 3.63) is 23.3 Å². The summed E-state index contributed by atoms with van der Waals surface area (Å²) < 4.78 is 0. The molecule has 0 aromatic rings. The largest absolute Gasteiger partial charge is 0.324 e. The molecular formula is C14H23N. The van der Waals surface area contributed by atoms with Crippen molar-refractivity contribution in [1.82, 2.24) is 0 Å². The summed E-state index contributed by atoms with van der Waals surface area (Å²) in [6.45, 7) is 2.18. The van der Waals surface area contributed by atoms with Crippen LogP contribution in [0.25, 0.3) is 0 Å². The lowest BCUT2D eigenvalue weighted by molar-refractivity contribution is 0.631. The third-order valence-electron chi connectivity index (χ3n) is 3.91. The third kappa shape index (κ3) is 2.52. The topological polar surface area (TPSA) is 26.0 Å². The number of rotatable bonds is 3. The Balaban J connectivity index is 2.06. The van der Waals surface area contributed by atoms with Gasteiger partial charge in [0.15, 0.2) is 0 Å². The van der Waals surface area contributed by atoms with Gasteiger partial charge < -0.3 is 5.73 Å². The van der Waals surface area contributed by atoms with Crippen LogP contribution in [0.2, 0.25) is 0 Å². The van der Waals surface area contributed by atoms with Gasteiger partial charge in [0.1, 0.15) is 0 Å². The van der Waals surface area contributed by atoms with Gasteiger partial charge in [0.25, 0.3) is 0 Å². The second-order valence-corrected chi connectivity index (χ2v) is 4.96. The zero-order valence-corrected chi connectivity index (χ0v) is 9.84. The maximum atomic E-state index is 6.11. The highest BCUT2D eigenvalue weighted by Gasteiger charge is 2.20. The van der Waals surface area contributed by atoms with Gasteiger partial charge in [-0.2, -0.15) is 0 Å². The summed E-state index contributed by atoms with van der Waals surface area (Å²) in [7, 11) is 0. The van der Waals surface area contributed by atoms with E-state index in [1.54, 1.807) is 5.57 Å². The second kappa shape index (κ2) is 4.98. The van der Waals surface area contributed by atoms with Crippen LogP contribution < -0.4 is 5.73 Å². The summed E-state index contributed by atoms with van der Waals surface area (Å²) in [6, 6.07) is 0.301. The lowest BCUT2D eigenvalue weighted by Crippen LogP contribution is -2.22. The van der Waals surface area contributed by atoms with Crippen molar-refractivity contribution >= 4 is 0 Å². The fourth-order valence-corrected chi connectivity index (χ4v) is 2.85. The van der Waals surface area contributed by atoms with E-state index >= 15 is 0 Å². The molecule has 0 bridgehead atoms. The van der Waals surface area contributed by atoms with Crippen LogP contribution in [-0.4, -0.2) is 6.04 Å². The van der Waals surface area contributed by atoms with Crippen LogP contribution in [0.3, 0.4) is 0 Å². The molecular weight excluding hydrogens is 182 g/mol. The standard InChI is InChI=1S/C14H23N/c1-2-14(15)13-9-5-8-12(10-13)11-6-3-4-7-11/h8,10-11,14H,2-7,9,15H2,1H3/t14-/m1/s1. The smallest absolute Gasteiger partial charge is 0.0254 e. The molecule has 84 valence electrons. The minimum Gasteiger partial charge on any atom is -0.324 e. The average molecular weight is 205 g/mol. The zero-order valence-electron chi connectivity index (χ0n) is 9.84. The number of hydrogen-bond donors (Lipinski definition) is 1. The van der Waals surface area contributed by atoms with Crippen molar-refractivity contribution in [2.75, 3.05) is 0 Å². The maximum Gasteiger partial charge on any atom is 0.0254 e. The predicted molar refractivity (Wildman–Crippen MR) is 65.6 cm³/mol. The quantitative estimate of drug-likeness (QED) is 0.749. The van der Waals surface area contributed by atoms with Crippen LogP contribution in [0.5, 0.6) is 0 Å². The average Bonchev–Trinajstić information content (AvgIpc) is 2.82. The first-order valence-electron chi connectivity index (χ1n) is 6.47. The van der Waals surface area contributed by atoms with Crippen LogP contribution in [0.4, 0.5) is 0 Å². The van der Waals surface area contributed by atoms with E-state index in [4.69, 9.17) is 5.73 Å². The molecule has 1 fully saturated rings. The summed E-state index contributed by atoms with van der Waals surface area (Å²) in [5, 5.41) is 0.